The molecular formula is C34H20N2. The average Bonchev–Trinajstić information content (AvgIpc) is 3.46. The highest BCUT2D eigenvalue weighted by molar-refractivity contribution is 6.28. The van der Waals surface area contributed by atoms with Crippen molar-refractivity contribution in [3.63, 3.8) is 0 Å². The van der Waals surface area contributed by atoms with Crippen molar-refractivity contribution in [2.75, 3.05) is 0 Å². The summed E-state index contributed by atoms with van der Waals surface area (Å²) in [4.78, 5) is 7.34. The zero-order valence-corrected chi connectivity index (χ0v) is 19.4. The quantitative estimate of drug-likeness (QED) is 0.213. The monoisotopic (exact) mass is 456 g/mol. The van der Waals surface area contributed by atoms with E-state index in [4.69, 9.17) is 0 Å². The molecule has 0 atom stereocenters. The second kappa shape index (κ2) is 6.44. The van der Waals surface area contributed by atoms with Crippen molar-refractivity contribution in [1.29, 1.82) is 0 Å². The molecule has 0 spiro atoms. The predicted octanol–water partition coefficient (Wildman–Crippen LogP) is 9.57. The first-order chi connectivity index (χ1) is 17.8. The van der Waals surface area contributed by atoms with Gasteiger partial charge in [-0.3, -0.25) is 0 Å². The summed E-state index contributed by atoms with van der Waals surface area (Å²) >= 11 is 0. The highest BCUT2D eigenvalue weighted by atomic mass is 14.7. The SMILES string of the molecule is c1ccc2cc3c(cc2c1)[nH]c1ccc2cc4c(ccc5[nH]c6cc7ccccc7cc6c54)cc2c13. The van der Waals surface area contributed by atoms with Gasteiger partial charge in [0.1, 0.15) is 0 Å². The van der Waals surface area contributed by atoms with E-state index in [0.29, 0.717) is 0 Å². The first-order valence-corrected chi connectivity index (χ1v) is 12.4. The van der Waals surface area contributed by atoms with E-state index >= 15 is 0 Å². The van der Waals surface area contributed by atoms with Gasteiger partial charge in [-0.05, 0) is 91.6 Å². The van der Waals surface area contributed by atoms with E-state index in [1.807, 2.05) is 0 Å². The van der Waals surface area contributed by atoms with Crippen molar-refractivity contribution in [2.45, 2.75) is 0 Å². The second-order valence-corrected chi connectivity index (χ2v) is 10.0. The molecule has 2 aromatic heterocycles. The molecule has 9 aromatic rings. The van der Waals surface area contributed by atoms with Gasteiger partial charge in [0, 0.05) is 43.6 Å². The van der Waals surface area contributed by atoms with Gasteiger partial charge in [0.2, 0.25) is 0 Å². The lowest BCUT2D eigenvalue weighted by atomic mass is 9.96. The third-order valence-corrected chi connectivity index (χ3v) is 8.01. The van der Waals surface area contributed by atoms with Gasteiger partial charge in [0.15, 0.2) is 0 Å². The highest BCUT2D eigenvalue weighted by Gasteiger charge is 2.14. The number of H-pyrrole nitrogens is 2. The summed E-state index contributed by atoms with van der Waals surface area (Å²) in [6, 6.07) is 40.2. The van der Waals surface area contributed by atoms with E-state index < -0.39 is 0 Å². The Kier molecular flexibility index (Phi) is 3.31. The molecule has 0 saturated heterocycles. The van der Waals surface area contributed by atoms with Crippen LogP contribution in [0.5, 0.6) is 0 Å². The summed E-state index contributed by atoms with van der Waals surface area (Å²) in [5, 5.41) is 15.4. The minimum atomic E-state index is 1.19. The van der Waals surface area contributed by atoms with Gasteiger partial charge < -0.3 is 9.97 Å². The Morgan fingerprint density at radius 2 is 0.694 bits per heavy atom. The van der Waals surface area contributed by atoms with Crippen molar-refractivity contribution < 1.29 is 0 Å². The van der Waals surface area contributed by atoms with Crippen molar-refractivity contribution in [1.82, 2.24) is 9.97 Å². The standard InChI is InChI=1S/C34H20N2/c1-3-7-21-17-31-27(13-19(21)5-1)33-25-15-24-10-12-30-34(26(24)16-23(25)9-11-29(33)35-31)28-14-20-6-2-4-8-22(20)18-32(28)36-30/h1-18,35-36H. The molecule has 7 aromatic carbocycles. The minimum absolute atomic E-state index is 1.19. The molecule has 166 valence electrons. The zero-order chi connectivity index (χ0) is 23.4. The topological polar surface area (TPSA) is 31.6 Å². The van der Waals surface area contributed by atoms with E-state index in [2.05, 4.69) is 119 Å². The maximum Gasteiger partial charge on any atom is 0.0471 e. The van der Waals surface area contributed by atoms with Gasteiger partial charge in [-0.2, -0.15) is 0 Å². The molecule has 0 unspecified atom stereocenters. The lowest BCUT2D eigenvalue weighted by molar-refractivity contribution is 1.56. The Bertz CT molecular complexity index is 2200. The van der Waals surface area contributed by atoms with Gasteiger partial charge in [-0.15, -0.1) is 0 Å². The second-order valence-electron chi connectivity index (χ2n) is 10.0. The van der Waals surface area contributed by atoms with Crippen LogP contribution in [0.1, 0.15) is 0 Å². The Morgan fingerprint density at radius 1 is 0.306 bits per heavy atom. The summed E-state index contributed by atoms with van der Waals surface area (Å²) in [5.41, 5.74) is 4.75. The Balaban J connectivity index is 1.42. The maximum absolute atomic E-state index is 3.67. The normalized spacial score (nSPS) is 12.4. The first kappa shape index (κ1) is 18.5. The summed E-state index contributed by atoms with van der Waals surface area (Å²) in [6.45, 7) is 0. The van der Waals surface area contributed by atoms with Gasteiger partial charge in [0.25, 0.3) is 0 Å². The lowest BCUT2D eigenvalue weighted by Crippen LogP contribution is -1.80. The molecule has 2 nitrogen and oxygen atoms in total. The number of fused-ring (bicyclic) bond motifs is 12. The molecule has 0 aliphatic carbocycles. The summed E-state index contributed by atoms with van der Waals surface area (Å²) in [5.74, 6) is 0. The number of aromatic amines is 2. The molecule has 0 saturated carbocycles. The number of benzene rings is 7. The molecule has 0 amide bonds. The molecule has 0 bridgehead atoms. The number of hydrogen-bond acceptors (Lipinski definition) is 0. The number of rotatable bonds is 0. The molecule has 9 rings (SSSR count). The summed E-state index contributed by atoms with van der Waals surface area (Å²) < 4.78 is 0. The Morgan fingerprint density at radius 3 is 1.14 bits per heavy atom. The van der Waals surface area contributed by atoms with E-state index in [1.165, 1.54) is 86.7 Å². The van der Waals surface area contributed by atoms with Crippen molar-refractivity contribution in [3.8, 4) is 0 Å². The molecular weight excluding hydrogens is 436 g/mol. The van der Waals surface area contributed by atoms with Crippen LogP contribution in [0.15, 0.2) is 109 Å². The molecule has 0 fully saturated rings. The molecule has 2 heterocycles. The van der Waals surface area contributed by atoms with Gasteiger partial charge in [0.05, 0.1) is 0 Å². The fourth-order valence-corrected chi connectivity index (χ4v) is 6.32. The first-order valence-electron chi connectivity index (χ1n) is 12.4. The number of hydrogen-bond donors (Lipinski definition) is 2. The highest BCUT2D eigenvalue weighted by Crippen LogP contribution is 2.39. The predicted molar refractivity (Wildman–Crippen MR) is 155 cm³/mol. The lowest BCUT2D eigenvalue weighted by Gasteiger charge is -2.07. The zero-order valence-electron chi connectivity index (χ0n) is 19.4. The van der Waals surface area contributed by atoms with Crippen molar-refractivity contribution in [3.05, 3.63) is 109 Å². The smallest absolute Gasteiger partial charge is 0.0471 e. The fourth-order valence-electron chi connectivity index (χ4n) is 6.32. The fraction of sp³-hybridized carbons (Fsp3) is 0. The van der Waals surface area contributed by atoms with Crippen LogP contribution in [0.2, 0.25) is 0 Å². The van der Waals surface area contributed by atoms with E-state index in [1.54, 1.807) is 0 Å². The summed E-state index contributed by atoms with van der Waals surface area (Å²) in [7, 11) is 0. The van der Waals surface area contributed by atoms with E-state index in [-0.39, 0.29) is 0 Å². The van der Waals surface area contributed by atoms with Crippen LogP contribution in [0.25, 0.3) is 86.7 Å². The maximum atomic E-state index is 3.67. The van der Waals surface area contributed by atoms with Crippen LogP contribution >= 0.6 is 0 Å². The van der Waals surface area contributed by atoms with Crippen LogP contribution in [0.4, 0.5) is 0 Å². The molecule has 2 N–H and O–H groups in total. The summed E-state index contributed by atoms with van der Waals surface area (Å²) in [6.07, 6.45) is 0. The van der Waals surface area contributed by atoms with Gasteiger partial charge >= 0.3 is 0 Å². The molecule has 2 heteroatoms. The van der Waals surface area contributed by atoms with Crippen LogP contribution in [-0.2, 0) is 0 Å². The number of nitrogens with one attached hydrogen (secondary N) is 2. The third-order valence-electron chi connectivity index (χ3n) is 8.01. The van der Waals surface area contributed by atoms with Crippen LogP contribution < -0.4 is 0 Å². The average molecular weight is 457 g/mol. The molecule has 36 heavy (non-hydrogen) atoms. The van der Waals surface area contributed by atoms with Gasteiger partial charge in [-0.1, -0.05) is 60.7 Å². The van der Waals surface area contributed by atoms with Crippen molar-refractivity contribution in [2.24, 2.45) is 0 Å². The number of aromatic nitrogens is 2. The minimum Gasteiger partial charge on any atom is -0.354 e. The van der Waals surface area contributed by atoms with E-state index in [0.717, 1.165) is 0 Å². The third kappa shape index (κ3) is 2.36. The van der Waals surface area contributed by atoms with Crippen molar-refractivity contribution >= 4 is 86.7 Å². The Hall–Kier alpha value is -4.82. The van der Waals surface area contributed by atoms with Crippen LogP contribution in [-0.4, -0.2) is 9.97 Å². The largest absolute Gasteiger partial charge is 0.354 e. The Labute approximate surface area is 205 Å². The molecule has 0 radical (unpaired) electrons. The van der Waals surface area contributed by atoms with Crippen LogP contribution in [0, 0.1) is 0 Å². The van der Waals surface area contributed by atoms with Gasteiger partial charge in [-0.25, -0.2) is 0 Å². The molecule has 0 aliphatic heterocycles. The van der Waals surface area contributed by atoms with Crippen LogP contribution in [0.3, 0.4) is 0 Å². The molecule has 0 aliphatic rings. The van der Waals surface area contributed by atoms with E-state index in [9.17, 15) is 0 Å².